The Labute approximate surface area is 178 Å². The highest BCUT2D eigenvalue weighted by Crippen LogP contribution is 2.28. The van der Waals surface area contributed by atoms with Gasteiger partial charge in [0.15, 0.2) is 5.76 Å². The number of thiol groups is 1. The lowest BCUT2D eigenvalue weighted by molar-refractivity contribution is -0.117. The summed E-state index contributed by atoms with van der Waals surface area (Å²) in [5.41, 5.74) is 6.28. The van der Waals surface area contributed by atoms with Gasteiger partial charge in [-0.15, -0.1) is 12.6 Å². The molecule has 0 fully saturated rings. The monoisotopic (exact) mass is 420 g/mol. The number of rotatable bonds is 11. The summed E-state index contributed by atoms with van der Waals surface area (Å²) in [7, 11) is 1.54. The Morgan fingerprint density at radius 3 is 2.66 bits per heavy atom. The molecule has 5 N–H and O–H groups in total. The molecule has 0 atom stereocenters. The Hall–Kier alpha value is -2.48. The van der Waals surface area contributed by atoms with Gasteiger partial charge in [0.2, 0.25) is 0 Å². The number of benzene rings is 1. The number of ether oxygens (including phenoxy) is 1. The maximum absolute atomic E-state index is 12.7. The van der Waals surface area contributed by atoms with Crippen molar-refractivity contribution < 1.29 is 14.6 Å². The maximum atomic E-state index is 12.7. The molecule has 0 aromatic heterocycles. The summed E-state index contributed by atoms with van der Waals surface area (Å²) >= 11 is 4.37. The molecular weight excluding hydrogens is 388 g/mol. The molecule has 0 aliphatic rings. The van der Waals surface area contributed by atoms with Crippen LogP contribution in [0.4, 0.5) is 5.69 Å². The van der Waals surface area contributed by atoms with Gasteiger partial charge < -0.3 is 26.3 Å². The second-order valence-electron chi connectivity index (χ2n) is 7.10. The van der Waals surface area contributed by atoms with Crippen molar-refractivity contribution in [3.8, 4) is 5.75 Å². The highest BCUT2D eigenvalue weighted by atomic mass is 32.1. The number of carbonyl (C=O) groups excluding carboxylic acids is 1. The first kappa shape index (κ1) is 24.6. The van der Waals surface area contributed by atoms with Crippen molar-refractivity contribution in [2.45, 2.75) is 51.3 Å². The van der Waals surface area contributed by atoms with Gasteiger partial charge in [0, 0.05) is 11.4 Å². The van der Waals surface area contributed by atoms with Crippen LogP contribution < -0.4 is 15.8 Å². The zero-order valence-electron chi connectivity index (χ0n) is 17.6. The molecule has 1 aromatic rings. The molecular formula is C21H32N4O3S. The molecule has 1 aromatic carbocycles. The number of amidine groups is 1. The van der Waals surface area contributed by atoms with Crippen molar-refractivity contribution in [1.82, 2.24) is 5.32 Å². The number of unbranched alkanes of at least 4 members (excludes halogenated alkanes) is 1. The zero-order chi connectivity index (χ0) is 22.0. The summed E-state index contributed by atoms with van der Waals surface area (Å²) in [6.07, 6.45) is 2.72. The minimum atomic E-state index is -0.556. The smallest absolute Gasteiger partial charge is 0.258 e. The summed E-state index contributed by atoms with van der Waals surface area (Å²) in [6, 6.07) is 5.02. The number of allylic oxidation sites excluding steroid dienone is 1. The first-order valence-corrected chi connectivity index (χ1v) is 10.2. The van der Waals surface area contributed by atoms with E-state index in [4.69, 9.17) is 15.9 Å². The second-order valence-corrected chi connectivity index (χ2v) is 7.58. The molecule has 0 heterocycles. The third-order valence-electron chi connectivity index (χ3n) is 4.22. The average molecular weight is 421 g/mol. The van der Waals surface area contributed by atoms with Gasteiger partial charge >= 0.3 is 0 Å². The Kier molecular flexibility index (Phi) is 10.3. The van der Waals surface area contributed by atoms with Crippen LogP contribution in [0.2, 0.25) is 0 Å². The highest BCUT2D eigenvalue weighted by Gasteiger charge is 2.22. The van der Waals surface area contributed by atoms with Crippen LogP contribution >= 0.6 is 12.6 Å². The minimum absolute atomic E-state index is 0.0418. The molecule has 0 bridgehead atoms. The van der Waals surface area contributed by atoms with Gasteiger partial charge in [0.1, 0.15) is 17.2 Å². The zero-order valence-corrected chi connectivity index (χ0v) is 18.5. The lowest BCUT2D eigenvalue weighted by Crippen LogP contribution is -2.34. The quantitative estimate of drug-likeness (QED) is 0.121. The van der Waals surface area contributed by atoms with Crippen LogP contribution in [0.25, 0.3) is 0 Å². The molecule has 0 aliphatic carbocycles. The van der Waals surface area contributed by atoms with Gasteiger partial charge in [-0.1, -0.05) is 27.2 Å². The number of aliphatic imine (C=N–C) groups is 1. The Morgan fingerprint density at radius 2 is 2.10 bits per heavy atom. The maximum Gasteiger partial charge on any atom is 0.258 e. The van der Waals surface area contributed by atoms with Crippen molar-refractivity contribution >= 4 is 35.8 Å². The van der Waals surface area contributed by atoms with Gasteiger partial charge in [-0.25, -0.2) is 4.99 Å². The molecule has 1 rings (SSSR count). The fourth-order valence-electron chi connectivity index (χ4n) is 2.44. The van der Waals surface area contributed by atoms with E-state index in [1.54, 1.807) is 25.3 Å². The highest BCUT2D eigenvalue weighted by molar-refractivity contribution is 7.80. The minimum Gasteiger partial charge on any atom is -0.505 e. The number of aliphatic hydroxyl groups is 1. The van der Waals surface area contributed by atoms with Crippen LogP contribution in [0, 0.1) is 11.3 Å². The molecule has 0 saturated carbocycles. The van der Waals surface area contributed by atoms with Crippen LogP contribution in [0.1, 0.15) is 46.5 Å². The Bertz CT molecular complexity index is 788. The van der Waals surface area contributed by atoms with E-state index in [0.29, 0.717) is 35.2 Å². The van der Waals surface area contributed by atoms with Gasteiger partial charge in [-0.05, 0) is 43.4 Å². The van der Waals surface area contributed by atoms with E-state index >= 15 is 0 Å². The molecule has 29 heavy (non-hydrogen) atoms. The molecule has 0 unspecified atom stereocenters. The SMILES string of the molecule is CCCCC(=N)/C(O)=C(\C(=O)NCCC(C)C)C(N)=Nc1ccc(OC)cc1S. The van der Waals surface area contributed by atoms with Crippen LogP contribution in [-0.2, 0) is 4.79 Å². The number of hydrogen-bond acceptors (Lipinski definition) is 6. The summed E-state index contributed by atoms with van der Waals surface area (Å²) < 4.78 is 5.14. The van der Waals surface area contributed by atoms with E-state index < -0.39 is 11.7 Å². The van der Waals surface area contributed by atoms with E-state index in [2.05, 4.69) is 36.8 Å². The van der Waals surface area contributed by atoms with Crippen LogP contribution in [-0.4, -0.2) is 36.2 Å². The molecule has 160 valence electrons. The van der Waals surface area contributed by atoms with Crippen LogP contribution in [0.3, 0.4) is 0 Å². The van der Waals surface area contributed by atoms with Gasteiger partial charge in [0.25, 0.3) is 5.91 Å². The number of nitrogens with one attached hydrogen (secondary N) is 2. The van der Waals surface area contributed by atoms with E-state index in [9.17, 15) is 9.90 Å². The number of methoxy groups -OCH3 is 1. The fraction of sp³-hybridized carbons (Fsp3) is 0.476. The number of carbonyl (C=O) groups is 1. The van der Waals surface area contributed by atoms with Gasteiger partial charge in [-0.2, -0.15) is 0 Å². The lowest BCUT2D eigenvalue weighted by Gasteiger charge is -2.13. The lowest BCUT2D eigenvalue weighted by atomic mass is 10.1. The standard InChI is InChI=1S/C21H32N4O3S/c1-5-6-7-15(22)19(26)18(21(27)24-11-10-13(2)3)20(23)25-16-9-8-14(28-4)12-17(16)29/h8-9,12-13,22,26,29H,5-7,10-11H2,1-4H3,(H2,23,25)(H,24,27)/b19-18+,22-15?. The first-order valence-electron chi connectivity index (χ1n) is 9.71. The third kappa shape index (κ3) is 7.81. The number of nitrogens with two attached hydrogens (primary N) is 1. The number of nitrogens with zero attached hydrogens (tertiary/aromatic N) is 1. The molecule has 1 amide bonds. The van der Waals surface area contributed by atoms with Crippen molar-refractivity contribution in [2.24, 2.45) is 16.6 Å². The topological polar surface area (TPSA) is 121 Å². The number of hydrogen-bond donors (Lipinski definition) is 5. The normalized spacial score (nSPS) is 12.6. The van der Waals surface area contributed by atoms with Crippen molar-refractivity contribution in [1.29, 1.82) is 5.41 Å². The Morgan fingerprint density at radius 1 is 1.41 bits per heavy atom. The molecule has 8 heteroatoms. The van der Waals surface area contributed by atoms with E-state index in [-0.39, 0.29) is 17.1 Å². The third-order valence-corrected chi connectivity index (χ3v) is 4.58. The summed E-state index contributed by atoms with van der Waals surface area (Å²) in [6.45, 7) is 6.52. The van der Waals surface area contributed by atoms with Crippen molar-refractivity contribution in [2.75, 3.05) is 13.7 Å². The fourth-order valence-corrected chi connectivity index (χ4v) is 2.69. The van der Waals surface area contributed by atoms with E-state index in [1.165, 1.54) is 0 Å². The summed E-state index contributed by atoms with van der Waals surface area (Å²) in [4.78, 5) is 17.5. The number of amides is 1. The largest absolute Gasteiger partial charge is 0.505 e. The summed E-state index contributed by atoms with van der Waals surface area (Å²) in [5, 5.41) is 21.4. The first-order chi connectivity index (χ1) is 13.7. The second kappa shape index (κ2) is 12.2. The molecule has 0 saturated heterocycles. The average Bonchev–Trinajstić information content (AvgIpc) is 2.67. The van der Waals surface area contributed by atoms with Crippen molar-refractivity contribution in [3.05, 3.63) is 29.5 Å². The van der Waals surface area contributed by atoms with Crippen molar-refractivity contribution in [3.63, 3.8) is 0 Å². The molecule has 0 radical (unpaired) electrons. The van der Waals surface area contributed by atoms with E-state index in [1.807, 2.05) is 6.92 Å². The molecule has 0 spiro atoms. The molecule has 7 nitrogen and oxygen atoms in total. The molecule has 0 aliphatic heterocycles. The van der Waals surface area contributed by atoms with Crippen LogP contribution in [0.5, 0.6) is 5.75 Å². The Balaban J connectivity index is 3.27. The summed E-state index contributed by atoms with van der Waals surface area (Å²) in [5.74, 6) is -0.155. The predicted molar refractivity (Wildman–Crippen MR) is 121 cm³/mol. The van der Waals surface area contributed by atoms with Gasteiger partial charge in [0.05, 0.1) is 18.5 Å². The van der Waals surface area contributed by atoms with Gasteiger partial charge in [-0.3, -0.25) is 4.79 Å². The predicted octanol–water partition coefficient (Wildman–Crippen LogP) is 4.16. The number of aliphatic hydroxyl groups excluding tert-OH is 1. The van der Waals surface area contributed by atoms with Crippen LogP contribution in [0.15, 0.2) is 39.4 Å². The van der Waals surface area contributed by atoms with E-state index in [0.717, 1.165) is 19.3 Å².